The zero-order valence-electron chi connectivity index (χ0n) is 11.9. The molecule has 1 aromatic rings. The van der Waals surface area contributed by atoms with Crippen molar-refractivity contribution in [2.24, 2.45) is 5.92 Å². The molecule has 1 amide bonds. The molecule has 1 N–H and O–H groups in total. The minimum Gasteiger partial charge on any atom is -0.302 e. The second kappa shape index (κ2) is 6.87. The predicted molar refractivity (Wildman–Crippen MR) is 84.6 cm³/mol. The van der Waals surface area contributed by atoms with Gasteiger partial charge < -0.3 is 10.2 Å². The van der Waals surface area contributed by atoms with Gasteiger partial charge in [-0.1, -0.05) is 19.3 Å². The summed E-state index contributed by atoms with van der Waals surface area (Å²) < 4.78 is 0. The first kappa shape index (κ1) is 15.7. The Morgan fingerprint density at radius 1 is 1.35 bits per heavy atom. The van der Waals surface area contributed by atoms with E-state index in [1.54, 1.807) is 11.3 Å². The molecular weight excluding hydrogens is 294 g/mol. The fraction of sp³-hybridized carbons (Fsp3) is 0.714. The van der Waals surface area contributed by atoms with Gasteiger partial charge in [0.2, 0.25) is 5.91 Å². The second-order valence-electron chi connectivity index (χ2n) is 5.70. The van der Waals surface area contributed by atoms with E-state index in [4.69, 9.17) is 0 Å². The third-order valence-corrected chi connectivity index (χ3v) is 5.13. The molecular formula is C14H22ClN3OS. The summed E-state index contributed by atoms with van der Waals surface area (Å²) in [6, 6.07) is 0. The largest absolute Gasteiger partial charge is 0.302 e. The van der Waals surface area contributed by atoms with Crippen LogP contribution in [0, 0.1) is 5.92 Å². The molecule has 2 aliphatic rings. The minimum absolute atomic E-state index is 0. The Balaban J connectivity index is 0.00000147. The summed E-state index contributed by atoms with van der Waals surface area (Å²) in [6.45, 7) is 2.03. The molecule has 3 rings (SSSR count). The summed E-state index contributed by atoms with van der Waals surface area (Å²) in [4.78, 5) is 20.4. The van der Waals surface area contributed by atoms with Gasteiger partial charge in [-0.3, -0.25) is 4.79 Å². The van der Waals surface area contributed by atoms with Crippen molar-refractivity contribution in [3.05, 3.63) is 10.6 Å². The lowest BCUT2D eigenvalue weighted by atomic mass is 9.89. The molecule has 0 bridgehead atoms. The molecule has 0 aromatic carbocycles. The summed E-state index contributed by atoms with van der Waals surface area (Å²) in [6.07, 6.45) is 6.75. The minimum atomic E-state index is 0. The van der Waals surface area contributed by atoms with Crippen LogP contribution in [0.4, 0.5) is 5.13 Å². The number of likely N-dealkylation sites (N-methyl/N-ethyl adjacent to an activating group) is 1. The Labute approximate surface area is 130 Å². The number of carbonyl (C=O) groups is 1. The highest BCUT2D eigenvalue weighted by atomic mass is 35.5. The molecule has 4 nitrogen and oxygen atoms in total. The van der Waals surface area contributed by atoms with Crippen LogP contribution in [0.25, 0.3) is 0 Å². The smallest absolute Gasteiger partial charge is 0.229 e. The average molecular weight is 316 g/mol. The molecule has 1 aliphatic heterocycles. The Hall–Kier alpha value is -0.650. The highest BCUT2D eigenvalue weighted by molar-refractivity contribution is 7.15. The van der Waals surface area contributed by atoms with Gasteiger partial charge in [-0.2, -0.15) is 0 Å². The Bertz CT molecular complexity index is 471. The topological polar surface area (TPSA) is 45.2 Å². The zero-order valence-corrected chi connectivity index (χ0v) is 13.5. The maximum absolute atomic E-state index is 12.2. The molecule has 6 heteroatoms. The summed E-state index contributed by atoms with van der Waals surface area (Å²) in [7, 11) is 2.13. The van der Waals surface area contributed by atoms with Gasteiger partial charge in [-0.25, -0.2) is 4.98 Å². The van der Waals surface area contributed by atoms with Crippen molar-refractivity contribution in [3.8, 4) is 0 Å². The van der Waals surface area contributed by atoms with Gasteiger partial charge in [0.05, 0.1) is 5.69 Å². The van der Waals surface area contributed by atoms with Crippen molar-refractivity contribution in [1.29, 1.82) is 0 Å². The molecule has 2 heterocycles. The molecule has 1 aliphatic carbocycles. The van der Waals surface area contributed by atoms with Gasteiger partial charge in [0.15, 0.2) is 5.13 Å². The molecule has 20 heavy (non-hydrogen) atoms. The molecule has 1 fully saturated rings. The molecule has 1 saturated carbocycles. The normalized spacial score (nSPS) is 20.1. The number of carbonyl (C=O) groups excluding carboxylic acids is 1. The lowest BCUT2D eigenvalue weighted by molar-refractivity contribution is -0.120. The van der Waals surface area contributed by atoms with Crippen molar-refractivity contribution in [1.82, 2.24) is 9.88 Å². The highest BCUT2D eigenvalue weighted by Gasteiger charge is 2.23. The number of fused-ring (bicyclic) bond motifs is 1. The lowest BCUT2D eigenvalue weighted by Crippen LogP contribution is -2.25. The van der Waals surface area contributed by atoms with Gasteiger partial charge in [-0.15, -0.1) is 23.7 Å². The molecule has 0 unspecified atom stereocenters. The number of thiazole rings is 1. The van der Waals surface area contributed by atoms with Crippen LogP contribution in [0.1, 0.15) is 42.7 Å². The highest BCUT2D eigenvalue weighted by Crippen LogP contribution is 2.29. The summed E-state index contributed by atoms with van der Waals surface area (Å²) in [5.74, 6) is 0.386. The number of nitrogens with one attached hydrogen (secondary N) is 1. The number of anilines is 1. The third-order valence-electron chi connectivity index (χ3n) is 4.13. The van der Waals surface area contributed by atoms with Crippen molar-refractivity contribution >= 4 is 34.8 Å². The lowest BCUT2D eigenvalue weighted by Gasteiger charge is -2.20. The summed E-state index contributed by atoms with van der Waals surface area (Å²) in [5, 5.41) is 3.84. The number of hydrogen-bond donors (Lipinski definition) is 1. The first-order chi connectivity index (χ1) is 9.22. The van der Waals surface area contributed by atoms with E-state index in [9.17, 15) is 4.79 Å². The van der Waals surface area contributed by atoms with Crippen molar-refractivity contribution in [2.75, 3.05) is 18.9 Å². The number of rotatable bonds is 2. The van der Waals surface area contributed by atoms with Crippen molar-refractivity contribution < 1.29 is 4.79 Å². The molecule has 1 aromatic heterocycles. The maximum atomic E-state index is 12.2. The predicted octanol–water partition coefficient (Wildman–Crippen LogP) is 3.07. The molecule has 112 valence electrons. The first-order valence-corrected chi connectivity index (χ1v) is 8.02. The Morgan fingerprint density at radius 2 is 2.10 bits per heavy atom. The van der Waals surface area contributed by atoms with E-state index < -0.39 is 0 Å². The summed E-state index contributed by atoms with van der Waals surface area (Å²) >= 11 is 1.65. The molecule has 0 radical (unpaired) electrons. The first-order valence-electron chi connectivity index (χ1n) is 7.20. The van der Waals surface area contributed by atoms with E-state index in [0.717, 1.165) is 37.5 Å². The SMILES string of the molecule is CN1CCc2nc(NC(=O)C3CCCCC3)sc2C1.Cl. The van der Waals surface area contributed by atoms with Crippen LogP contribution >= 0.6 is 23.7 Å². The van der Waals surface area contributed by atoms with Crippen LogP contribution in [0.3, 0.4) is 0 Å². The average Bonchev–Trinajstić information content (AvgIpc) is 2.81. The van der Waals surface area contributed by atoms with Gasteiger partial charge in [-0.05, 0) is 19.9 Å². The van der Waals surface area contributed by atoms with Crippen LogP contribution in [-0.2, 0) is 17.8 Å². The van der Waals surface area contributed by atoms with Crippen LogP contribution < -0.4 is 5.32 Å². The van der Waals surface area contributed by atoms with Gasteiger partial charge in [0.1, 0.15) is 0 Å². The fourth-order valence-electron chi connectivity index (χ4n) is 2.95. The second-order valence-corrected chi connectivity index (χ2v) is 6.78. The third kappa shape index (κ3) is 3.51. The van der Waals surface area contributed by atoms with E-state index in [1.165, 1.54) is 29.8 Å². The van der Waals surface area contributed by atoms with E-state index in [0.29, 0.717) is 0 Å². The number of nitrogens with zero attached hydrogens (tertiary/aromatic N) is 2. The van der Waals surface area contributed by atoms with Gasteiger partial charge in [0, 0.05) is 30.3 Å². The van der Waals surface area contributed by atoms with Crippen molar-refractivity contribution in [2.45, 2.75) is 45.1 Å². The molecule has 0 saturated heterocycles. The Kier molecular flexibility index (Phi) is 5.41. The van der Waals surface area contributed by atoms with E-state index in [-0.39, 0.29) is 24.2 Å². The van der Waals surface area contributed by atoms with Crippen LogP contribution in [0.5, 0.6) is 0 Å². The summed E-state index contributed by atoms with van der Waals surface area (Å²) in [5.41, 5.74) is 1.18. The Morgan fingerprint density at radius 3 is 2.85 bits per heavy atom. The fourth-order valence-corrected chi connectivity index (χ4v) is 4.04. The van der Waals surface area contributed by atoms with E-state index >= 15 is 0 Å². The monoisotopic (exact) mass is 315 g/mol. The number of aromatic nitrogens is 1. The van der Waals surface area contributed by atoms with E-state index in [1.807, 2.05) is 0 Å². The van der Waals surface area contributed by atoms with Crippen LogP contribution in [0.15, 0.2) is 0 Å². The molecule has 0 spiro atoms. The van der Waals surface area contributed by atoms with Gasteiger partial charge >= 0.3 is 0 Å². The number of amides is 1. The van der Waals surface area contributed by atoms with Crippen molar-refractivity contribution in [3.63, 3.8) is 0 Å². The van der Waals surface area contributed by atoms with E-state index in [2.05, 4.69) is 22.2 Å². The molecule has 0 atom stereocenters. The van der Waals surface area contributed by atoms with Gasteiger partial charge in [0.25, 0.3) is 0 Å². The maximum Gasteiger partial charge on any atom is 0.229 e. The van der Waals surface area contributed by atoms with Crippen LogP contribution in [-0.4, -0.2) is 29.4 Å². The zero-order chi connectivity index (χ0) is 13.2. The van der Waals surface area contributed by atoms with Crippen LogP contribution in [0.2, 0.25) is 0 Å². The standard InChI is InChI=1S/C14H21N3OS.ClH/c1-17-8-7-11-12(9-17)19-14(15-11)16-13(18)10-5-3-2-4-6-10;/h10H,2-9H2,1H3,(H,15,16,18);1H. The number of hydrogen-bond acceptors (Lipinski definition) is 4. The quantitative estimate of drug-likeness (QED) is 0.912. The number of halogens is 1.